The lowest BCUT2D eigenvalue weighted by Crippen LogP contribution is -2.30. The minimum Gasteiger partial charge on any atom is -0.356 e. The quantitative estimate of drug-likeness (QED) is 0.721. The fourth-order valence-electron chi connectivity index (χ4n) is 3.10. The number of aromatic nitrogens is 1. The SMILES string of the molecule is O=C(Cc1cccc(Cl)c1)N1CCc2cc(-c3ccno3)ccc21. The molecule has 24 heavy (non-hydrogen) atoms. The van der Waals surface area contributed by atoms with E-state index in [2.05, 4.69) is 11.2 Å². The molecule has 0 saturated carbocycles. The van der Waals surface area contributed by atoms with Crippen LogP contribution in [0.25, 0.3) is 11.3 Å². The molecule has 0 spiro atoms. The summed E-state index contributed by atoms with van der Waals surface area (Å²) >= 11 is 6.00. The number of anilines is 1. The van der Waals surface area contributed by atoms with Gasteiger partial charge in [0.1, 0.15) is 0 Å². The molecule has 1 aliphatic rings. The highest BCUT2D eigenvalue weighted by Gasteiger charge is 2.25. The first kappa shape index (κ1) is 15.0. The average molecular weight is 339 g/mol. The zero-order chi connectivity index (χ0) is 16.5. The van der Waals surface area contributed by atoms with Crippen LogP contribution >= 0.6 is 11.6 Å². The number of rotatable bonds is 3. The van der Waals surface area contributed by atoms with E-state index in [-0.39, 0.29) is 5.91 Å². The molecule has 4 rings (SSSR count). The normalized spacial score (nSPS) is 13.1. The number of nitrogens with zero attached hydrogens (tertiary/aromatic N) is 2. The van der Waals surface area contributed by atoms with Crippen LogP contribution in [0.2, 0.25) is 5.02 Å². The highest BCUT2D eigenvalue weighted by molar-refractivity contribution is 6.30. The number of carbonyl (C=O) groups is 1. The van der Waals surface area contributed by atoms with Crippen LogP contribution in [-0.2, 0) is 17.6 Å². The molecule has 0 atom stereocenters. The Balaban J connectivity index is 1.56. The van der Waals surface area contributed by atoms with E-state index in [4.69, 9.17) is 16.1 Å². The second-order valence-electron chi connectivity index (χ2n) is 5.82. The van der Waals surface area contributed by atoms with Gasteiger partial charge in [0.25, 0.3) is 0 Å². The van der Waals surface area contributed by atoms with Crippen molar-refractivity contribution in [3.05, 3.63) is 70.9 Å². The Morgan fingerprint density at radius 3 is 2.92 bits per heavy atom. The molecule has 0 bridgehead atoms. The van der Waals surface area contributed by atoms with Gasteiger partial charge in [0, 0.05) is 28.9 Å². The van der Waals surface area contributed by atoms with Crippen LogP contribution in [0.4, 0.5) is 5.69 Å². The van der Waals surface area contributed by atoms with E-state index in [1.54, 1.807) is 6.20 Å². The van der Waals surface area contributed by atoms with Crippen molar-refractivity contribution in [1.82, 2.24) is 5.16 Å². The molecule has 0 fully saturated rings. The number of fused-ring (bicyclic) bond motifs is 1. The Morgan fingerprint density at radius 1 is 1.21 bits per heavy atom. The molecule has 0 radical (unpaired) electrons. The van der Waals surface area contributed by atoms with E-state index < -0.39 is 0 Å². The first-order valence-corrected chi connectivity index (χ1v) is 8.17. The maximum absolute atomic E-state index is 12.7. The van der Waals surface area contributed by atoms with Gasteiger partial charge in [-0.05, 0) is 47.9 Å². The molecule has 4 nitrogen and oxygen atoms in total. The minimum atomic E-state index is 0.0865. The number of hydrogen-bond acceptors (Lipinski definition) is 3. The van der Waals surface area contributed by atoms with Crippen molar-refractivity contribution in [2.75, 3.05) is 11.4 Å². The van der Waals surface area contributed by atoms with Crippen LogP contribution in [0.15, 0.2) is 59.3 Å². The summed E-state index contributed by atoms with van der Waals surface area (Å²) in [5, 5.41) is 4.39. The van der Waals surface area contributed by atoms with Crippen LogP contribution in [0.5, 0.6) is 0 Å². The number of halogens is 1. The highest BCUT2D eigenvalue weighted by Crippen LogP contribution is 2.32. The predicted octanol–water partition coefficient (Wildman–Crippen LogP) is 4.13. The van der Waals surface area contributed by atoms with Gasteiger partial charge in [0.05, 0.1) is 12.6 Å². The van der Waals surface area contributed by atoms with E-state index in [1.165, 1.54) is 0 Å². The van der Waals surface area contributed by atoms with E-state index in [1.807, 2.05) is 47.4 Å². The predicted molar refractivity (Wildman–Crippen MR) is 93.2 cm³/mol. The average Bonchev–Trinajstić information content (AvgIpc) is 3.24. The first-order chi connectivity index (χ1) is 11.7. The van der Waals surface area contributed by atoms with Gasteiger partial charge in [-0.2, -0.15) is 0 Å². The Kier molecular flexibility index (Phi) is 3.82. The summed E-state index contributed by atoms with van der Waals surface area (Å²) in [5.41, 5.74) is 4.04. The molecule has 3 aromatic rings. The van der Waals surface area contributed by atoms with Crippen LogP contribution in [0, 0.1) is 0 Å². The Morgan fingerprint density at radius 2 is 2.12 bits per heavy atom. The summed E-state index contributed by atoms with van der Waals surface area (Å²) in [5.74, 6) is 0.824. The third kappa shape index (κ3) is 2.81. The lowest BCUT2D eigenvalue weighted by atomic mass is 10.1. The van der Waals surface area contributed by atoms with Gasteiger partial charge in [-0.25, -0.2) is 0 Å². The first-order valence-electron chi connectivity index (χ1n) is 7.79. The Bertz CT molecular complexity index is 890. The summed E-state index contributed by atoms with van der Waals surface area (Å²) in [4.78, 5) is 14.5. The fourth-order valence-corrected chi connectivity index (χ4v) is 3.31. The lowest BCUT2D eigenvalue weighted by Gasteiger charge is -2.17. The maximum atomic E-state index is 12.7. The van der Waals surface area contributed by atoms with Gasteiger partial charge in [-0.1, -0.05) is 28.9 Å². The third-order valence-corrected chi connectivity index (χ3v) is 4.48. The Hall–Kier alpha value is -2.59. The second kappa shape index (κ2) is 6.13. The topological polar surface area (TPSA) is 46.3 Å². The summed E-state index contributed by atoms with van der Waals surface area (Å²) in [7, 11) is 0. The van der Waals surface area contributed by atoms with Gasteiger partial charge in [-0.15, -0.1) is 0 Å². The number of benzene rings is 2. The van der Waals surface area contributed by atoms with Gasteiger partial charge in [-0.3, -0.25) is 4.79 Å². The molecule has 0 saturated heterocycles. The van der Waals surface area contributed by atoms with Gasteiger partial charge in [0.2, 0.25) is 5.91 Å². The van der Waals surface area contributed by atoms with E-state index in [0.29, 0.717) is 18.0 Å². The van der Waals surface area contributed by atoms with Crippen molar-refractivity contribution in [2.24, 2.45) is 0 Å². The molecule has 0 unspecified atom stereocenters. The zero-order valence-corrected chi connectivity index (χ0v) is 13.7. The molecule has 1 aromatic heterocycles. The van der Waals surface area contributed by atoms with Crippen LogP contribution in [-0.4, -0.2) is 17.6 Å². The fraction of sp³-hybridized carbons (Fsp3) is 0.158. The molecule has 0 N–H and O–H groups in total. The standard InChI is InChI=1S/C19H15ClN2O2/c20-16-3-1-2-13(10-16)11-19(23)22-9-7-14-12-15(4-5-17(14)22)18-6-8-21-24-18/h1-6,8,10,12H,7,9,11H2. The summed E-state index contributed by atoms with van der Waals surface area (Å²) in [6.45, 7) is 0.703. The number of hydrogen-bond donors (Lipinski definition) is 0. The van der Waals surface area contributed by atoms with Crippen molar-refractivity contribution in [3.8, 4) is 11.3 Å². The number of amides is 1. The summed E-state index contributed by atoms with van der Waals surface area (Å²) in [6.07, 6.45) is 2.83. The minimum absolute atomic E-state index is 0.0865. The van der Waals surface area contributed by atoms with Gasteiger partial charge >= 0.3 is 0 Å². The molecule has 2 aromatic carbocycles. The van der Waals surface area contributed by atoms with Crippen LogP contribution < -0.4 is 4.90 Å². The molecule has 1 amide bonds. The summed E-state index contributed by atoms with van der Waals surface area (Å²) in [6, 6.07) is 15.3. The lowest BCUT2D eigenvalue weighted by molar-refractivity contribution is -0.117. The summed E-state index contributed by atoms with van der Waals surface area (Å²) < 4.78 is 5.20. The Labute approximate surface area is 144 Å². The third-order valence-electron chi connectivity index (χ3n) is 4.24. The molecular weight excluding hydrogens is 324 g/mol. The van der Waals surface area contributed by atoms with Crippen LogP contribution in [0.3, 0.4) is 0 Å². The highest BCUT2D eigenvalue weighted by atomic mass is 35.5. The van der Waals surface area contributed by atoms with Crippen molar-refractivity contribution >= 4 is 23.2 Å². The molecule has 1 aliphatic heterocycles. The van der Waals surface area contributed by atoms with E-state index in [9.17, 15) is 4.79 Å². The smallest absolute Gasteiger partial charge is 0.231 e. The molecule has 120 valence electrons. The molecule has 5 heteroatoms. The maximum Gasteiger partial charge on any atom is 0.231 e. The van der Waals surface area contributed by atoms with Crippen molar-refractivity contribution in [2.45, 2.75) is 12.8 Å². The van der Waals surface area contributed by atoms with E-state index >= 15 is 0 Å². The molecular formula is C19H15ClN2O2. The van der Waals surface area contributed by atoms with Gasteiger partial charge < -0.3 is 9.42 Å². The number of carbonyl (C=O) groups excluding carboxylic acids is 1. The van der Waals surface area contributed by atoms with E-state index in [0.717, 1.165) is 34.6 Å². The molecule has 2 heterocycles. The zero-order valence-electron chi connectivity index (χ0n) is 12.9. The van der Waals surface area contributed by atoms with Crippen LogP contribution in [0.1, 0.15) is 11.1 Å². The van der Waals surface area contributed by atoms with Crippen molar-refractivity contribution in [3.63, 3.8) is 0 Å². The van der Waals surface area contributed by atoms with Crippen molar-refractivity contribution < 1.29 is 9.32 Å². The second-order valence-corrected chi connectivity index (χ2v) is 6.26. The van der Waals surface area contributed by atoms with Crippen molar-refractivity contribution in [1.29, 1.82) is 0 Å². The largest absolute Gasteiger partial charge is 0.356 e. The monoisotopic (exact) mass is 338 g/mol. The van der Waals surface area contributed by atoms with Gasteiger partial charge in [0.15, 0.2) is 5.76 Å². The molecule has 0 aliphatic carbocycles.